The first kappa shape index (κ1) is 15.4. The van der Waals surface area contributed by atoms with Gasteiger partial charge in [-0.2, -0.15) is 0 Å². The maximum atomic E-state index is 12.1. The van der Waals surface area contributed by atoms with Crippen molar-refractivity contribution in [2.45, 2.75) is 26.3 Å². The molecule has 1 heterocycles. The molecule has 1 atom stereocenters. The average Bonchev–Trinajstić information content (AvgIpc) is 3.00. The second kappa shape index (κ2) is 7.13. The maximum absolute atomic E-state index is 12.1. The summed E-state index contributed by atoms with van der Waals surface area (Å²) in [6.07, 6.45) is 0.924. The summed E-state index contributed by atoms with van der Waals surface area (Å²) in [5, 5.41) is 5.47. The van der Waals surface area contributed by atoms with Crippen molar-refractivity contribution in [2.75, 3.05) is 17.7 Å². The Morgan fingerprint density at radius 3 is 2.81 bits per heavy atom. The minimum absolute atomic E-state index is 0.168. The first-order valence-corrected chi connectivity index (χ1v) is 7.90. The normalized spacial score (nSPS) is 11.9. The van der Waals surface area contributed by atoms with Gasteiger partial charge in [-0.1, -0.05) is 13.0 Å². The van der Waals surface area contributed by atoms with E-state index in [1.807, 2.05) is 12.1 Å². The average molecular weight is 304 g/mol. The minimum Gasteiger partial charge on any atom is -0.462 e. The fourth-order valence-electron chi connectivity index (χ4n) is 2.12. The van der Waals surface area contributed by atoms with Gasteiger partial charge in [0, 0.05) is 16.3 Å². The highest BCUT2D eigenvalue weighted by atomic mass is 32.1. The molecule has 1 aromatic carbocycles. The minimum atomic E-state index is -0.353. The number of nitrogens with one attached hydrogen (secondary N) is 1. The van der Waals surface area contributed by atoms with E-state index in [4.69, 9.17) is 10.5 Å². The molecule has 1 unspecified atom stereocenters. The van der Waals surface area contributed by atoms with Gasteiger partial charge in [0.05, 0.1) is 18.2 Å². The number of ether oxygens (including phenoxy) is 1. The number of hydrogen-bond donors (Lipinski definition) is 2. The summed E-state index contributed by atoms with van der Waals surface area (Å²) >= 11 is 1.70. The molecule has 0 amide bonds. The van der Waals surface area contributed by atoms with Crippen LogP contribution in [0.5, 0.6) is 0 Å². The highest BCUT2D eigenvalue weighted by Gasteiger charge is 2.17. The number of esters is 1. The zero-order valence-corrected chi connectivity index (χ0v) is 13.1. The van der Waals surface area contributed by atoms with Crippen LogP contribution in [0.1, 0.15) is 41.5 Å². The molecule has 4 nitrogen and oxygen atoms in total. The van der Waals surface area contributed by atoms with E-state index >= 15 is 0 Å². The van der Waals surface area contributed by atoms with Crippen LogP contribution in [-0.2, 0) is 4.74 Å². The molecule has 3 N–H and O–H groups in total. The number of thiophene rings is 1. The number of benzene rings is 1. The first-order valence-electron chi connectivity index (χ1n) is 7.02. The first-order chi connectivity index (χ1) is 10.2. The third-order valence-corrected chi connectivity index (χ3v) is 4.15. The molecule has 2 aromatic rings. The lowest BCUT2D eigenvalue weighted by atomic mass is 10.1. The van der Waals surface area contributed by atoms with E-state index in [0.29, 0.717) is 17.9 Å². The number of rotatable bonds is 6. The zero-order valence-electron chi connectivity index (χ0n) is 12.3. The fourth-order valence-corrected chi connectivity index (χ4v) is 2.98. The van der Waals surface area contributed by atoms with E-state index in [2.05, 4.69) is 23.7 Å². The predicted octanol–water partition coefficient (Wildman–Crippen LogP) is 4.07. The van der Waals surface area contributed by atoms with Crippen molar-refractivity contribution < 1.29 is 9.53 Å². The molecule has 2 rings (SSSR count). The third kappa shape index (κ3) is 3.76. The number of nitrogens with two attached hydrogens (primary N) is 1. The summed E-state index contributed by atoms with van der Waals surface area (Å²) < 4.78 is 5.10. The molecule has 0 radical (unpaired) electrons. The molecule has 112 valence electrons. The summed E-state index contributed by atoms with van der Waals surface area (Å²) in [6, 6.07) is 9.56. The van der Waals surface area contributed by atoms with Gasteiger partial charge in [-0.05, 0) is 43.0 Å². The Bertz CT molecular complexity index is 596. The second-order valence-corrected chi connectivity index (χ2v) is 5.63. The molecule has 0 aliphatic heterocycles. The van der Waals surface area contributed by atoms with Crippen molar-refractivity contribution >= 4 is 28.7 Å². The van der Waals surface area contributed by atoms with Crippen LogP contribution in [0.4, 0.5) is 11.4 Å². The maximum Gasteiger partial charge on any atom is 0.340 e. The van der Waals surface area contributed by atoms with E-state index in [-0.39, 0.29) is 12.0 Å². The predicted molar refractivity (Wildman–Crippen MR) is 87.8 cm³/mol. The van der Waals surface area contributed by atoms with Crippen LogP contribution < -0.4 is 11.1 Å². The molecule has 0 saturated heterocycles. The molecular formula is C16H20N2O2S. The van der Waals surface area contributed by atoms with Crippen LogP contribution in [0, 0.1) is 0 Å². The van der Waals surface area contributed by atoms with Crippen LogP contribution in [0.25, 0.3) is 0 Å². The molecule has 0 aliphatic carbocycles. The van der Waals surface area contributed by atoms with Gasteiger partial charge in [-0.15, -0.1) is 11.3 Å². The molecule has 0 bridgehead atoms. The molecular weight excluding hydrogens is 284 g/mol. The molecule has 0 saturated carbocycles. The highest BCUT2D eigenvalue weighted by molar-refractivity contribution is 7.10. The topological polar surface area (TPSA) is 64.3 Å². The number of carbonyl (C=O) groups is 1. The summed E-state index contributed by atoms with van der Waals surface area (Å²) in [6.45, 7) is 4.24. The van der Waals surface area contributed by atoms with Crippen LogP contribution in [0.2, 0.25) is 0 Å². The summed E-state index contributed by atoms with van der Waals surface area (Å²) in [7, 11) is 0. The van der Waals surface area contributed by atoms with Crippen molar-refractivity contribution in [1.29, 1.82) is 0 Å². The van der Waals surface area contributed by atoms with Gasteiger partial charge in [0.2, 0.25) is 0 Å². The van der Waals surface area contributed by atoms with Gasteiger partial charge >= 0.3 is 5.97 Å². The monoisotopic (exact) mass is 304 g/mol. The zero-order chi connectivity index (χ0) is 15.2. The lowest BCUT2D eigenvalue weighted by molar-refractivity contribution is 0.0527. The molecule has 21 heavy (non-hydrogen) atoms. The Morgan fingerprint density at radius 2 is 2.19 bits per heavy atom. The van der Waals surface area contributed by atoms with Crippen molar-refractivity contribution in [3.8, 4) is 0 Å². The van der Waals surface area contributed by atoms with Gasteiger partial charge in [0.1, 0.15) is 0 Å². The van der Waals surface area contributed by atoms with E-state index < -0.39 is 0 Å². The largest absolute Gasteiger partial charge is 0.462 e. The number of nitrogen functional groups attached to an aromatic ring is 1. The van der Waals surface area contributed by atoms with Crippen LogP contribution >= 0.6 is 11.3 Å². The highest BCUT2D eigenvalue weighted by Crippen LogP contribution is 2.29. The van der Waals surface area contributed by atoms with E-state index in [0.717, 1.165) is 12.1 Å². The number of carbonyl (C=O) groups excluding carboxylic acids is 1. The van der Waals surface area contributed by atoms with Crippen molar-refractivity contribution in [3.63, 3.8) is 0 Å². The van der Waals surface area contributed by atoms with E-state index in [1.54, 1.807) is 30.4 Å². The van der Waals surface area contributed by atoms with Gasteiger partial charge < -0.3 is 15.8 Å². The Balaban J connectivity index is 2.28. The molecule has 0 fully saturated rings. The third-order valence-electron chi connectivity index (χ3n) is 3.16. The second-order valence-electron chi connectivity index (χ2n) is 4.65. The van der Waals surface area contributed by atoms with Crippen LogP contribution in [0.3, 0.4) is 0 Å². The Kier molecular flexibility index (Phi) is 5.22. The molecule has 0 aliphatic rings. The van der Waals surface area contributed by atoms with Crippen molar-refractivity contribution in [1.82, 2.24) is 0 Å². The van der Waals surface area contributed by atoms with Crippen LogP contribution in [-0.4, -0.2) is 12.6 Å². The Hall–Kier alpha value is -2.01. The van der Waals surface area contributed by atoms with Crippen molar-refractivity contribution in [2.24, 2.45) is 0 Å². The molecule has 1 aromatic heterocycles. The lowest BCUT2D eigenvalue weighted by Gasteiger charge is -2.19. The standard InChI is InChI=1S/C16H20N2O2S/c1-3-13(15-6-5-9-21-15)18-14-8-7-11(17)10-12(14)16(19)20-4-2/h5-10,13,18H,3-4,17H2,1-2H3. The fraction of sp³-hybridized carbons (Fsp3) is 0.312. The van der Waals surface area contributed by atoms with Crippen molar-refractivity contribution in [3.05, 3.63) is 46.2 Å². The van der Waals surface area contributed by atoms with Crippen LogP contribution in [0.15, 0.2) is 35.7 Å². The smallest absolute Gasteiger partial charge is 0.340 e. The Morgan fingerprint density at radius 1 is 1.38 bits per heavy atom. The summed E-state index contributed by atoms with van der Waals surface area (Å²) in [5.41, 5.74) is 7.57. The van der Waals surface area contributed by atoms with Gasteiger partial charge in [-0.3, -0.25) is 0 Å². The van der Waals surface area contributed by atoms with E-state index in [1.165, 1.54) is 4.88 Å². The Labute approximate surface area is 128 Å². The number of anilines is 2. The summed E-state index contributed by atoms with van der Waals surface area (Å²) in [4.78, 5) is 13.3. The summed E-state index contributed by atoms with van der Waals surface area (Å²) in [5.74, 6) is -0.353. The van der Waals surface area contributed by atoms with Gasteiger partial charge in [-0.25, -0.2) is 4.79 Å². The van der Waals surface area contributed by atoms with Gasteiger partial charge in [0.15, 0.2) is 0 Å². The number of hydrogen-bond acceptors (Lipinski definition) is 5. The van der Waals surface area contributed by atoms with E-state index in [9.17, 15) is 4.79 Å². The van der Waals surface area contributed by atoms with Gasteiger partial charge in [0.25, 0.3) is 0 Å². The molecule has 5 heteroatoms. The molecule has 0 spiro atoms. The lowest BCUT2D eigenvalue weighted by Crippen LogP contribution is -2.14. The SMILES string of the molecule is CCOC(=O)c1cc(N)ccc1NC(CC)c1cccs1. The quantitative estimate of drug-likeness (QED) is 0.623.